The number of pyridine rings is 2. The summed E-state index contributed by atoms with van der Waals surface area (Å²) >= 11 is 0. The molecule has 0 saturated heterocycles. The first-order valence-corrected chi connectivity index (χ1v) is 10.2. The summed E-state index contributed by atoms with van der Waals surface area (Å²) < 4.78 is 75.0. The first kappa shape index (κ1) is 24.6. The van der Waals surface area contributed by atoms with Crippen LogP contribution in [0.2, 0.25) is 0 Å². The molecule has 10 heteroatoms. The van der Waals surface area contributed by atoms with Gasteiger partial charge in [-0.15, -0.1) is 13.2 Å². The third-order valence-corrected chi connectivity index (χ3v) is 4.75. The number of benzene rings is 1. The topological polar surface area (TPSA) is 70.3 Å². The SMILES string of the molecule is CC(COc1cnc(-c2ccnc3ccc(OC(F)(F)F)cc23)cc1C(F)F)CC(C)(C)N. The van der Waals surface area contributed by atoms with Crippen LogP contribution in [0.15, 0.2) is 42.7 Å². The number of nitrogens with zero attached hydrogens (tertiary/aromatic N) is 2. The second kappa shape index (κ2) is 9.46. The van der Waals surface area contributed by atoms with Gasteiger partial charge in [-0.3, -0.25) is 9.97 Å². The predicted octanol–water partition coefficient (Wildman–Crippen LogP) is 6.28. The molecule has 0 radical (unpaired) electrons. The lowest BCUT2D eigenvalue weighted by molar-refractivity contribution is -0.274. The van der Waals surface area contributed by atoms with Crippen LogP contribution in [0.5, 0.6) is 11.5 Å². The van der Waals surface area contributed by atoms with Crippen LogP contribution in [0.3, 0.4) is 0 Å². The van der Waals surface area contributed by atoms with Crippen LogP contribution in [0.25, 0.3) is 22.2 Å². The van der Waals surface area contributed by atoms with E-state index in [4.69, 9.17) is 10.5 Å². The van der Waals surface area contributed by atoms with Gasteiger partial charge in [-0.1, -0.05) is 6.92 Å². The summed E-state index contributed by atoms with van der Waals surface area (Å²) in [5, 5.41) is 0.277. The van der Waals surface area contributed by atoms with Crippen molar-refractivity contribution >= 4 is 10.9 Å². The van der Waals surface area contributed by atoms with Gasteiger partial charge in [0.15, 0.2) is 0 Å². The van der Waals surface area contributed by atoms with Gasteiger partial charge in [0.25, 0.3) is 6.43 Å². The molecule has 33 heavy (non-hydrogen) atoms. The van der Waals surface area contributed by atoms with Crippen LogP contribution in [0, 0.1) is 5.92 Å². The minimum atomic E-state index is -4.87. The molecule has 0 saturated carbocycles. The number of nitrogens with two attached hydrogens (primary N) is 1. The zero-order chi connectivity index (χ0) is 24.4. The number of ether oxygens (including phenoxy) is 2. The maximum absolute atomic E-state index is 13.8. The molecule has 0 fully saturated rings. The third kappa shape index (κ3) is 6.74. The molecule has 0 spiro atoms. The second-order valence-corrected chi connectivity index (χ2v) is 8.60. The van der Waals surface area contributed by atoms with Crippen molar-refractivity contribution in [3.63, 3.8) is 0 Å². The Morgan fingerprint density at radius 1 is 1.06 bits per heavy atom. The number of alkyl halides is 5. The molecule has 0 bridgehead atoms. The summed E-state index contributed by atoms with van der Waals surface area (Å²) in [5.41, 5.74) is 6.04. The van der Waals surface area contributed by atoms with Crippen molar-refractivity contribution < 1.29 is 31.4 Å². The smallest absolute Gasteiger partial charge is 0.491 e. The van der Waals surface area contributed by atoms with Crippen molar-refractivity contribution in [2.75, 3.05) is 6.61 Å². The van der Waals surface area contributed by atoms with Crippen LogP contribution >= 0.6 is 0 Å². The fraction of sp³-hybridized carbons (Fsp3) is 0.391. The number of aromatic nitrogens is 2. The van der Waals surface area contributed by atoms with Gasteiger partial charge in [-0.2, -0.15) is 0 Å². The normalized spacial score (nSPS) is 13.4. The Labute approximate surface area is 187 Å². The highest BCUT2D eigenvalue weighted by Crippen LogP contribution is 2.36. The molecule has 3 rings (SSSR count). The fourth-order valence-electron chi connectivity index (χ4n) is 3.63. The minimum Gasteiger partial charge on any atom is -0.491 e. The Bertz CT molecular complexity index is 1110. The number of hydrogen-bond donors (Lipinski definition) is 1. The van der Waals surface area contributed by atoms with Gasteiger partial charge in [-0.05, 0) is 56.5 Å². The quantitative estimate of drug-likeness (QED) is 0.394. The van der Waals surface area contributed by atoms with Crippen molar-refractivity contribution in [2.24, 2.45) is 11.7 Å². The van der Waals surface area contributed by atoms with Crippen LogP contribution in [-0.4, -0.2) is 28.5 Å². The van der Waals surface area contributed by atoms with Crippen LogP contribution < -0.4 is 15.2 Å². The van der Waals surface area contributed by atoms with Crippen molar-refractivity contribution in [2.45, 2.75) is 45.5 Å². The van der Waals surface area contributed by atoms with Gasteiger partial charge in [0.2, 0.25) is 0 Å². The zero-order valence-corrected chi connectivity index (χ0v) is 18.3. The molecule has 0 amide bonds. The van der Waals surface area contributed by atoms with E-state index >= 15 is 0 Å². The van der Waals surface area contributed by atoms with E-state index < -0.39 is 24.1 Å². The Hall–Kier alpha value is -3.01. The second-order valence-electron chi connectivity index (χ2n) is 8.60. The minimum absolute atomic E-state index is 0.0198. The number of halogens is 5. The van der Waals surface area contributed by atoms with Crippen molar-refractivity contribution in [3.8, 4) is 22.8 Å². The Kier molecular flexibility index (Phi) is 7.06. The molecule has 0 aliphatic carbocycles. The van der Waals surface area contributed by atoms with E-state index in [9.17, 15) is 22.0 Å². The molecular formula is C23H24F5N3O2. The lowest BCUT2D eigenvalue weighted by atomic mass is 9.93. The summed E-state index contributed by atoms with van der Waals surface area (Å²) in [7, 11) is 0. The largest absolute Gasteiger partial charge is 0.573 e. The molecule has 0 aliphatic rings. The van der Waals surface area contributed by atoms with Gasteiger partial charge in [0.1, 0.15) is 11.5 Å². The standard InChI is InChI=1S/C23H24F5N3O2/c1-13(10-22(2,3)29)12-32-20-11-31-19(9-17(20)21(24)25)15-6-7-30-18-5-4-14(8-16(15)18)33-23(26,27)28/h4-9,11,13,21H,10,12,29H2,1-3H3. The van der Waals surface area contributed by atoms with E-state index in [1.165, 1.54) is 30.6 Å². The molecule has 1 unspecified atom stereocenters. The van der Waals surface area contributed by atoms with Gasteiger partial charge in [-0.25, -0.2) is 8.78 Å². The number of fused-ring (bicyclic) bond motifs is 1. The molecule has 1 atom stereocenters. The Balaban J connectivity index is 1.95. The molecule has 178 valence electrons. The Morgan fingerprint density at radius 3 is 2.42 bits per heavy atom. The average Bonchev–Trinajstić information content (AvgIpc) is 2.69. The van der Waals surface area contributed by atoms with Crippen molar-refractivity contribution in [3.05, 3.63) is 48.3 Å². The van der Waals surface area contributed by atoms with Gasteiger partial charge in [0.05, 0.1) is 29.6 Å². The summed E-state index contributed by atoms with van der Waals surface area (Å²) in [6.07, 6.45) is -4.47. The van der Waals surface area contributed by atoms with Gasteiger partial charge < -0.3 is 15.2 Å². The predicted molar refractivity (Wildman–Crippen MR) is 114 cm³/mol. The van der Waals surface area contributed by atoms with Crippen LogP contribution in [0.1, 0.15) is 39.2 Å². The first-order chi connectivity index (χ1) is 15.3. The average molecular weight is 469 g/mol. The summed E-state index contributed by atoms with van der Waals surface area (Å²) in [5.74, 6) is -0.489. The lowest BCUT2D eigenvalue weighted by Gasteiger charge is -2.23. The summed E-state index contributed by atoms with van der Waals surface area (Å²) in [6, 6.07) is 6.29. The summed E-state index contributed by atoms with van der Waals surface area (Å²) in [4.78, 5) is 8.34. The molecule has 5 nitrogen and oxygen atoms in total. The highest BCUT2D eigenvalue weighted by molar-refractivity contribution is 5.94. The number of rotatable bonds is 8. The maximum Gasteiger partial charge on any atom is 0.573 e. The van der Waals surface area contributed by atoms with E-state index in [0.717, 1.165) is 12.1 Å². The molecule has 1 aromatic carbocycles. The highest BCUT2D eigenvalue weighted by atomic mass is 19.4. The zero-order valence-electron chi connectivity index (χ0n) is 18.3. The summed E-state index contributed by atoms with van der Waals surface area (Å²) in [6.45, 7) is 5.82. The van der Waals surface area contributed by atoms with Gasteiger partial charge >= 0.3 is 6.36 Å². The fourth-order valence-corrected chi connectivity index (χ4v) is 3.63. The van der Waals surface area contributed by atoms with Crippen molar-refractivity contribution in [1.82, 2.24) is 9.97 Å². The maximum atomic E-state index is 13.8. The van der Waals surface area contributed by atoms with Crippen LogP contribution in [0.4, 0.5) is 22.0 Å². The molecule has 0 aliphatic heterocycles. The monoisotopic (exact) mass is 469 g/mol. The number of hydrogen-bond acceptors (Lipinski definition) is 5. The van der Waals surface area contributed by atoms with E-state index in [0.29, 0.717) is 17.5 Å². The third-order valence-electron chi connectivity index (χ3n) is 4.75. The molecule has 2 N–H and O–H groups in total. The first-order valence-electron chi connectivity index (χ1n) is 10.2. The Morgan fingerprint density at radius 2 is 1.79 bits per heavy atom. The molecular weight excluding hydrogens is 445 g/mol. The molecule has 3 aromatic rings. The van der Waals surface area contributed by atoms with E-state index in [-0.39, 0.29) is 34.9 Å². The van der Waals surface area contributed by atoms with Gasteiger partial charge in [0, 0.05) is 22.7 Å². The van der Waals surface area contributed by atoms with E-state index in [1.54, 1.807) is 0 Å². The van der Waals surface area contributed by atoms with Crippen LogP contribution in [-0.2, 0) is 0 Å². The lowest BCUT2D eigenvalue weighted by Crippen LogP contribution is -2.35. The molecule has 2 heterocycles. The van der Waals surface area contributed by atoms with Crippen molar-refractivity contribution in [1.29, 1.82) is 0 Å². The highest BCUT2D eigenvalue weighted by Gasteiger charge is 2.31. The molecule has 2 aromatic heterocycles. The van der Waals surface area contributed by atoms with E-state index in [2.05, 4.69) is 14.7 Å². The van der Waals surface area contributed by atoms with E-state index in [1.807, 2.05) is 20.8 Å².